The molecule has 1 fully saturated rings. The van der Waals surface area contributed by atoms with E-state index in [1.807, 2.05) is 19.1 Å². The van der Waals surface area contributed by atoms with E-state index in [0.29, 0.717) is 11.4 Å². The number of rotatable bonds is 5. The van der Waals surface area contributed by atoms with Gasteiger partial charge in [-0.05, 0) is 49.8 Å². The first kappa shape index (κ1) is 20.2. The largest absolute Gasteiger partial charge is 0.474 e. The molecule has 28 heavy (non-hydrogen) atoms. The van der Waals surface area contributed by atoms with E-state index < -0.39 is 11.7 Å². The Kier molecular flexibility index (Phi) is 6.21. The standard InChI is InChI=1S/C21H23F3N2O2/c1-14-5-10-20(25-13-14)28-18-8-6-17(7-9-18)26-19(27)12-15-3-2-4-16(11-15)21(22,23)24/h2-5,10-11,13,17-18H,6-9,12H2,1H3,(H,26,27). The van der Waals surface area contributed by atoms with Gasteiger partial charge in [-0.15, -0.1) is 0 Å². The number of hydrogen-bond donors (Lipinski definition) is 1. The van der Waals surface area contributed by atoms with Crippen LogP contribution >= 0.6 is 0 Å². The number of aromatic nitrogens is 1. The summed E-state index contributed by atoms with van der Waals surface area (Å²) in [6.45, 7) is 1.96. The normalized spacial score (nSPS) is 19.9. The Labute approximate surface area is 162 Å². The fourth-order valence-corrected chi connectivity index (χ4v) is 3.34. The predicted octanol–water partition coefficient (Wildman–Crippen LogP) is 4.46. The van der Waals surface area contributed by atoms with Gasteiger partial charge in [-0.3, -0.25) is 4.79 Å². The number of amides is 1. The minimum atomic E-state index is -4.41. The monoisotopic (exact) mass is 392 g/mol. The second-order valence-electron chi connectivity index (χ2n) is 7.21. The summed E-state index contributed by atoms with van der Waals surface area (Å²) >= 11 is 0. The van der Waals surface area contributed by atoms with Crippen LogP contribution in [0.25, 0.3) is 0 Å². The molecule has 1 amide bonds. The number of alkyl halides is 3. The number of aryl methyl sites for hydroxylation is 1. The highest BCUT2D eigenvalue weighted by molar-refractivity contribution is 5.78. The molecule has 1 aliphatic rings. The van der Waals surface area contributed by atoms with Gasteiger partial charge in [0.05, 0.1) is 12.0 Å². The molecule has 0 unspecified atom stereocenters. The molecule has 0 radical (unpaired) electrons. The summed E-state index contributed by atoms with van der Waals surface area (Å²) in [5.74, 6) is 0.339. The molecule has 1 saturated carbocycles. The maximum absolute atomic E-state index is 12.8. The number of halogens is 3. The van der Waals surface area contributed by atoms with Crippen LogP contribution in [0.4, 0.5) is 13.2 Å². The van der Waals surface area contributed by atoms with Crippen molar-refractivity contribution < 1.29 is 22.7 Å². The number of pyridine rings is 1. The molecule has 3 rings (SSSR count). The zero-order valence-corrected chi connectivity index (χ0v) is 15.6. The molecular formula is C21H23F3N2O2. The maximum Gasteiger partial charge on any atom is 0.416 e. The number of ether oxygens (including phenoxy) is 1. The topological polar surface area (TPSA) is 51.2 Å². The van der Waals surface area contributed by atoms with Gasteiger partial charge in [0, 0.05) is 18.3 Å². The molecule has 1 aromatic carbocycles. The molecule has 1 aromatic heterocycles. The third-order valence-corrected chi connectivity index (χ3v) is 4.83. The Bertz CT molecular complexity index is 798. The van der Waals surface area contributed by atoms with Gasteiger partial charge >= 0.3 is 6.18 Å². The number of benzene rings is 1. The van der Waals surface area contributed by atoms with Crippen molar-refractivity contribution in [3.8, 4) is 5.88 Å². The summed E-state index contributed by atoms with van der Waals surface area (Å²) in [6, 6.07) is 8.70. The third kappa shape index (κ3) is 5.71. The Morgan fingerprint density at radius 1 is 1.18 bits per heavy atom. The van der Waals surface area contributed by atoms with E-state index in [2.05, 4.69) is 10.3 Å². The van der Waals surface area contributed by atoms with Crippen LogP contribution in [-0.2, 0) is 17.4 Å². The van der Waals surface area contributed by atoms with Crippen LogP contribution < -0.4 is 10.1 Å². The Hall–Kier alpha value is -2.57. The molecular weight excluding hydrogens is 369 g/mol. The Balaban J connectivity index is 1.45. The fraction of sp³-hybridized carbons (Fsp3) is 0.429. The second kappa shape index (κ2) is 8.63. The lowest BCUT2D eigenvalue weighted by Gasteiger charge is -2.29. The highest BCUT2D eigenvalue weighted by Gasteiger charge is 2.30. The van der Waals surface area contributed by atoms with Crippen LogP contribution in [-0.4, -0.2) is 23.0 Å². The van der Waals surface area contributed by atoms with Gasteiger partial charge in [0.2, 0.25) is 11.8 Å². The third-order valence-electron chi connectivity index (χ3n) is 4.83. The van der Waals surface area contributed by atoms with E-state index in [0.717, 1.165) is 43.4 Å². The lowest BCUT2D eigenvalue weighted by atomic mass is 9.92. The fourth-order valence-electron chi connectivity index (χ4n) is 3.34. The SMILES string of the molecule is Cc1ccc(OC2CCC(NC(=O)Cc3cccc(C(F)(F)F)c3)CC2)nc1. The first-order chi connectivity index (χ1) is 13.3. The lowest BCUT2D eigenvalue weighted by molar-refractivity contribution is -0.137. The summed E-state index contributed by atoms with van der Waals surface area (Å²) in [4.78, 5) is 16.5. The summed E-state index contributed by atoms with van der Waals surface area (Å²) in [6.07, 6.45) is 0.482. The molecule has 0 bridgehead atoms. The van der Waals surface area contributed by atoms with Gasteiger partial charge in [-0.1, -0.05) is 24.3 Å². The van der Waals surface area contributed by atoms with Crippen molar-refractivity contribution in [2.24, 2.45) is 0 Å². The molecule has 2 aromatic rings. The van der Waals surface area contributed by atoms with Crippen molar-refractivity contribution in [2.75, 3.05) is 0 Å². The summed E-state index contributed by atoms with van der Waals surface area (Å²) in [5.41, 5.74) is 0.689. The van der Waals surface area contributed by atoms with Crippen molar-refractivity contribution in [3.63, 3.8) is 0 Å². The highest BCUT2D eigenvalue weighted by Crippen LogP contribution is 2.29. The minimum absolute atomic E-state index is 0.0177. The highest BCUT2D eigenvalue weighted by atomic mass is 19.4. The molecule has 1 heterocycles. The van der Waals surface area contributed by atoms with Gasteiger partial charge < -0.3 is 10.1 Å². The first-order valence-corrected chi connectivity index (χ1v) is 9.34. The average molecular weight is 392 g/mol. The molecule has 4 nitrogen and oxygen atoms in total. The van der Waals surface area contributed by atoms with Crippen molar-refractivity contribution in [1.29, 1.82) is 0 Å². The van der Waals surface area contributed by atoms with Crippen molar-refractivity contribution in [3.05, 3.63) is 59.3 Å². The number of nitrogens with one attached hydrogen (secondary N) is 1. The van der Waals surface area contributed by atoms with Crippen LogP contribution in [0, 0.1) is 6.92 Å². The lowest BCUT2D eigenvalue weighted by Crippen LogP contribution is -2.40. The van der Waals surface area contributed by atoms with Gasteiger partial charge in [-0.25, -0.2) is 4.98 Å². The van der Waals surface area contributed by atoms with E-state index >= 15 is 0 Å². The van der Waals surface area contributed by atoms with E-state index in [-0.39, 0.29) is 24.5 Å². The molecule has 0 saturated heterocycles. The van der Waals surface area contributed by atoms with Crippen LogP contribution in [0.5, 0.6) is 5.88 Å². The molecule has 0 aliphatic heterocycles. The molecule has 1 aliphatic carbocycles. The summed E-state index contributed by atoms with van der Waals surface area (Å²) < 4.78 is 44.2. The zero-order valence-electron chi connectivity index (χ0n) is 15.6. The van der Waals surface area contributed by atoms with Gasteiger partial charge in [0.25, 0.3) is 0 Å². The molecule has 0 atom stereocenters. The average Bonchev–Trinajstić information content (AvgIpc) is 2.65. The van der Waals surface area contributed by atoms with Crippen LogP contribution in [0.15, 0.2) is 42.6 Å². The molecule has 150 valence electrons. The molecule has 0 spiro atoms. The van der Waals surface area contributed by atoms with Crippen LogP contribution in [0.2, 0.25) is 0 Å². The van der Waals surface area contributed by atoms with Gasteiger partial charge in [0.15, 0.2) is 0 Å². The van der Waals surface area contributed by atoms with E-state index in [4.69, 9.17) is 4.74 Å². The summed E-state index contributed by atoms with van der Waals surface area (Å²) in [7, 11) is 0. The van der Waals surface area contributed by atoms with Crippen LogP contribution in [0.1, 0.15) is 42.4 Å². The van der Waals surface area contributed by atoms with E-state index in [1.54, 1.807) is 6.20 Å². The van der Waals surface area contributed by atoms with E-state index in [1.165, 1.54) is 12.1 Å². The van der Waals surface area contributed by atoms with Crippen molar-refractivity contribution in [2.45, 2.75) is 57.3 Å². The quantitative estimate of drug-likeness (QED) is 0.818. The molecule has 7 heteroatoms. The number of nitrogens with zero attached hydrogens (tertiary/aromatic N) is 1. The zero-order chi connectivity index (χ0) is 20.1. The van der Waals surface area contributed by atoms with Gasteiger partial charge in [-0.2, -0.15) is 13.2 Å². The van der Waals surface area contributed by atoms with E-state index in [9.17, 15) is 18.0 Å². The van der Waals surface area contributed by atoms with Gasteiger partial charge in [0.1, 0.15) is 6.10 Å². The number of carbonyl (C=O) groups excluding carboxylic acids is 1. The maximum atomic E-state index is 12.8. The first-order valence-electron chi connectivity index (χ1n) is 9.34. The number of hydrogen-bond acceptors (Lipinski definition) is 3. The number of carbonyl (C=O) groups is 1. The van der Waals surface area contributed by atoms with Crippen molar-refractivity contribution >= 4 is 5.91 Å². The Morgan fingerprint density at radius 2 is 1.93 bits per heavy atom. The predicted molar refractivity (Wildman–Crippen MR) is 98.9 cm³/mol. The second-order valence-corrected chi connectivity index (χ2v) is 7.21. The van der Waals surface area contributed by atoms with Crippen molar-refractivity contribution in [1.82, 2.24) is 10.3 Å². The van der Waals surface area contributed by atoms with Crippen LogP contribution in [0.3, 0.4) is 0 Å². The molecule has 1 N–H and O–H groups in total. The smallest absolute Gasteiger partial charge is 0.416 e. The summed E-state index contributed by atoms with van der Waals surface area (Å²) in [5, 5.41) is 2.93. The minimum Gasteiger partial charge on any atom is -0.474 e. The Morgan fingerprint density at radius 3 is 2.57 bits per heavy atom.